The Morgan fingerprint density at radius 1 is 1.20 bits per heavy atom. The van der Waals surface area contributed by atoms with Crippen LogP contribution in [0.3, 0.4) is 0 Å². The van der Waals surface area contributed by atoms with Gasteiger partial charge in [0.15, 0.2) is 0 Å². The first kappa shape index (κ1) is 11.4. The van der Waals surface area contributed by atoms with Crippen molar-refractivity contribution in [2.45, 2.75) is 45.3 Å². The third kappa shape index (κ3) is 2.19. The molecular weight excluding hydrogens is 188 g/mol. The Morgan fingerprint density at radius 3 is 2.47 bits per heavy atom. The van der Waals surface area contributed by atoms with E-state index in [1.165, 1.54) is 19.3 Å². The van der Waals surface area contributed by atoms with Crippen LogP contribution in [0.2, 0.25) is 0 Å². The fourth-order valence-electron chi connectivity index (χ4n) is 2.60. The van der Waals surface area contributed by atoms with Gasteiger partial charge in [-0.05, 0) is 32.2 Å². The number of hydrogen-bond donors (Lipinski definition) is 2. The van der Waals surface area contributed by atoms with Crippen molar-refractivity contribution >= 4 is 0 Å². The fourth-order valence-corrected chi connectivity index (χ4v) is 2.60. The minimum atomic E-state index is -0.0495. The van der Waals surface area contributed by atoms with E-state index in [1.54, 1.807) is 0 Å². The quantitative estimate of drug-likeness (QED) is 0.727. The molecule has 3 nitrogen and oxygen atoms in total. The molecule has 0 aromatic rings. The summed E-state index contributed by atoms with van der Waals surface area (Å²) in [6, 6.07) is 0. The van der Waals surface area contributed by atoms with Crippen LogP contribution in [-0.4, -0.2) is 32.0 Å². The van der Waals surface area contributed by atoms with Crippen LogP contribution in [0.15, 0.2) is 0 Å². The van der Waals surface area contributed by atoms with Gasteiger partial charge in [0.1, 0.15) is 5.72 Å². The van der Waals surface area contributed by atoms with Crippen molar-refractivity contribution in [2.75, 3.05) is 26.2 Å². The second-order valence-corrected chi connectivity index (χ2v) is 5.12. The van der Waals surface area contributed by atoms with Crippen molar-refractivity contribution in [3.8, 4) is 0 Å². The molecule has 1 spiro atoms. The van der Waals surface area contributed by atoms with Crippen LogP contribution in [0.1, 0.15) is 39.5 Å². The molecule has 2 aliphatic rings. The van der Waals surface area contributed by atoms with E-state index in [4.69, 9.17) is 4.74 Å². The summed E-state index contributed by atoms with van der Waals surface area (Å²) in [4.78, 5) is 0. The van der Waals surface area contributed by atoms with Crippen LogP contribution < -0.4 is 10.6 Å². The second kappa shape index (κ2) is 4.40. The number of rotatable bonds is 2. The minimum absolute atomic E-state index is 0.0495. The number of ether oxygens (including phenoxy) is 1. The highest BCUT2D eigenvalue weighted by atomic mass is 16.5. The van der Waals surface area contributed by atoms with E-state index in [-0.39, 0.29) is 5.72 Å². The van der Waals surface area contributed by atoms with Gasteiger partial charge >= 0.3 is 0 Å². The highest BCUT2D eigenvalue weighted by Crippen LogP contribution is 2.34. The molecule has 2 aliphatic heterocycles. The third-order valence-electron chi connectivity index (χ3n) is 4.28. The molecule has 0 aromatic carbocycles. The Hall–Kier alpha value is -0.120. The smallest absolute Gasteiger partial charge is 0.131 e. The lowest BCUT2D eigenvalue weighted by molar-refractivity contribution is -0.155. The van der Waals surface area contributed by atoms with Gasteiger partial charge in [0.05, 0.1) is 6.61 Å². The predicted molar refractivity (Wildman–Crippen MR) is 61.8 cm³/mol. The summed E-state index contributed by atoms with van der Waals surface area (Å²) in [5, 5.41) is 7.06. The summed E-state index contributed by atoms with van der Waals surface area (Å²) in [6.45, 7) is 8.68. The summed E-state index contributed by atoms with van der Waals surface area (Å²) in [7, 11) is 0. The summed E-state index contributed by atoms with van der Waals surface area (Å²) in [5.74, 6) is 0. The number of hydrogen-bond acceptors (Lipinski definition) is 3. The molecule has 2 saturated heterocycles. The average Bonchev–Trinajstić information content (AvgIpc) is 2.32. The molecule has 0 aromatic heterocycles. The van der Waals surface area contributed by atoms with Gasteiger partial charge in [-0.3, -0.25) is 5.32 Å². The summed E-state index contributed by atoms with van der Waals surface area (Å²) < 4.78 is 6.13. The summed E-state index contributed by atoms with van der Waals surface area (Å²) in [5.41, 5.74) is 0.328. The first-order valence-corrected chi connectivity index (χ1v) is 6.34. The molecule has 0 aliphatic carbocycles. The largest absolute Gasteiger partial charge is 0.359 e. The molecule has 88 valence electrons. The maximum Gasteiger partial charge on any atom is 0.131 e. The molecule has 0 amide bonds. The molecular formula is C12H24N2O. The average molecular weight is 212 g/mol. The molecule has 0 radical (unpaired) electrons. The predicted octanol–water partition coefficient (Wildman–Crippen LogP) is 1.49. The van der Waals surface area contributed by atoms with Gasteiger partial charge < -0.3 is 10.1 Å². The maximum absolute atomic E-state index is 6.13. The molecule has 15 heavy (non-hydrogen) atoms. The highest BCUT2D eigenvalue weighted by molar-refractivity contribution is 4.93. The molecule has 2 heterocycles. The van der Waals surface area contributed by atoms with Gasteiger partial charge in [-0.25, -0.2) is 0 Å². The van der Waals surface area contributed by atoms with E-state index in [0.29, 0.717) is 5.41 Å². The lowest BCUT2D eigenvalue weighted by atomic mass is 9.81. The molecule has 3 heteroatoms. The Labute approximate surface area is 93.0 Å². The monoisotopic (exact) mass is 212 g/mol. The standard InChI is InChI=1S/C12H24N2O/c1-3-11(4-2)8-14-12(15-10-11)6-5-7-13-9-12/h13-14H,3-10H2,1-2H3. The zero-order valence-electron chi connectivity index (χ0n) is 10.1. The van der Waals surface area contributed by atoms with Crippen LogP contribution >= 0.6 is 0 Å². The zero-order valence-corrected chi connectivity index (χ0v) is 10.1. The van der Waals surface area contributed by atoms with Gasteiger partial charge in [0.25, 0.3) is 0 Å². The number of nitrogens with one attached hydrogen (secondary N) is 2. The Morgan fingerprint density at radius 2 is 2.00 bits per heavy atom. The molecule has 2 N–H and O–H groups in total. The lowest BCUT2D eigenvalue weighted by Crippen LogP contribution is -2.64. The van der Waals surface area contributed by atoms with E-state index >= 15 is 0 Å². The molecule has 0 saturated carbocycles. The topological polar surface area (TPSA) is 33.3 Å². The van der Waals surface area contributed by atoms with Crippen molar-refractivity contribution in [3.63, 3.8) is 0 Å². The van der Waals surface area contributed by atoms with Crippen LogP contribution in [0.5, 0.6) is 0 Å². The molecule has 0 bridgehead atoms. The SMILES string of the molecule is CCC1(CC)CNC2(CCCNC2)OC1. The normalized spacial score (nSPS) is 35.6. The van der Waals surface area contributed by atoms with Crippen LogP contribution in [0, 0.1) is 5.41 Å². The van der Waals surface area contributed by atoms with Crippen LogP contribution in [0.4, 0.5) is 0 Å². The Balaban J connectivity index is 1.95. The first-order valence-electron chi connectivity index (χ1n) is 6.34. The summed E-state index contributed by atoms with van der Waals surface area (Å²) in [6.07, 6.45) is 4.79. The molecule has 1 atom stereocenters. The van der Waals surface area contributed by atoms with Crippen LogP contribution in [0.25, 0.3) is 0 Å². The maximum atomic E-state index is 6.13. The summed E-state index contributed by atoms with van der Waals surface area (Å²) >= 11 is 0. The highest BCUT2D eigenvalue weighted by Gasteiger charge is 2.42. The van der Waals surface area contributed by atoms with Gasteiger partial charge in [-0.1, -0.05) is 13.8 Å². The van der Waals surface area contributed by atoms with Crippen molar-refractivity contribution < 1.29 is 4.74 Å². The fraction of sp³-hybridized carbons (Fsp3) is 1.00. The minimum Gasteiger partial charge on any atom is -0.359 e. The Kier molecular flexibility index (Phi) is 3.33. The lowest BCUT2D eigenvalue weighted by Gasteiger charge is -2.48. The van der Waals surface area contributed by atoms with Crippen molar-refractivity contribution in [2.24, 2.45) is 5.41 Å². The third-order valence-corrected chi connectivity index (χ3v) is 4.28. The second-order valence-electron chi connectivity index (χ2n) is 5.12. The van der Waals surface area contributed by atoms with E-state index < -0.39 is 0 Å². The van der Waals surface area contributed by atoms with E-state index in [0.717, 1.165) is 32.7 Å². The van der Waals surface area contributed by atoms with E-state index in [9.17, 15) is 0 Å². The number of piperidine rings is 1. The van der Waals surface area contributed by atoms with E-state index in [2.05, 4.69) is 24.5 Å². The van der Waals surface area contributed by atoms with Crippen LogP contribution in [-0.2, 0) is 4.74 Å². The van der Waals surface area contributed by atoms with Crippen molar-refractivity contribution in [1.82, 2.24) is 10.6 Å². The Bertz CT molecular complexity index is 196. The van der Waals surface area contributed by atoms with Crippen molar-refractivity contribution in [3.05, 3.63) is 0 Å². The molecule has 1 unspecified atom stereocenters. The van der Waals surface area contributed by atoms with Gasteiger partial charge in [0.2, 0.25) is 0 Å². The molecule has 2 rings (SSSR count). The van der Waals surface area contributed by atoms with Gasteiger partial charge in [-0.15, -0.1) is 0 Å². The van der Waals surface area contributed by atoms with Gasteiger partial charge in [-0.2, -0.15) is 0 Å². The zero-order chi connectivity index (χ0) is 10.8. The van der Waals surface area contributed by atoms with Gasteiger partial charge in [0, 0.05) is 18.5 Å². The first-order chi connectivity index (χ1) is 7.24. The van der Waals surface area contributed by atoms with E-state index in [1.807, 2.05) is 0 Å². The molecule has 2 fully saturated rings. The van der Waals surface area contributed by atoms with Crippen molar-refractivity contribution in [1.29, 1.82) is 0 Å².